The van der Waals surface area contributed by atoms with Crippen LogP contribution in [0.4, 0.5) is 4.39 Å². The van der Waals surface area contributed by atoms with Gasteiger partial charge in [-0.25, -0.2) is 14.4 Å². The first kappa shape index (κ1) is 10.7. The number of halogens is 1. The minimum absolute atomic E-state index is 0.273. The summed E-state index contributed by atoms with van der Waals surface area (Å²) in [5.41, 5.74) is 6.20. The molecule has 0 amide bonds. The highest BCUT2D eigenvalue weighted by Gasteiger charge is 2.17. The van der Waals surface area contributed by atoms with E-state index in [2.05, 4.69) is 9.97 Å². The molecule has 1 atom stereocenters. The third-order valence-corrected chi connectivity index (χ3v) is 2.41. The summed E-state index contributed by atoms with van der Waals surface area (Å²) in [6.45, 7) is 0.283. The van der Waals surface area contributed by atoms with Gasteiger partial charge in [-0.15, -0.1) is 0 Å². The molecule has 0 radical (unpaired) electrons. The van der Waals surface area contributed by atoms with E-state index in [1.807, 2.05) is 0 Å². The molecule has 16 heavy (non-hydrogen) atoms. The van der Waals surface area contributed by atoms with Crippen LogP contribution in [0.25, 0.3) is 0 Å². The molecule has 0 aliphatic rings. The lowest BCUT2D eigenvalue weighted by Crippen LogP contribution is -2.17. The van der Waals surface area contributed by atoms with Crippen molar-refractivity contribution >= 4 is 0 Å². The molecule has 1 heterocycles. The monoisotopic (exact) mass is 217 g/mol. The lowest BCUT2D eigenvalue weighted by Gasteiger charge is -2.13. The summed E-state index contributed by atoms with van der Waals surface area (Å²) >= 11 is 0. The fraction of sp³-hybridized carbons (Fsp3) is 0.167. The Morgan fingerprint density at radius 3 is 2.44 bits per heavy atom. The Bertz CT molecular complexity index is 459. The predicted octanol–water partition coefficient (Wildman–Crippen LogP) is 1.71. The largest absolute Gasteiger partial charge is 0.329 e. The minimum atomic E-state index is -0.289. The van der Waals surface area contributed by atoms with E-state index in [0.29, 0.717) is 11.4 Å². The van der Waals surface area contributed by atoms with Crippen LogP contribution in [0.3, 0.4) is 0 Å². The molecule has 0 aliphatic heterocycles. The summed E-state index contributed by atoms with van der Waals surface area (Å²) < 4.78 is 13.6. The Morgan fingerprint density at radius 2 is 1.81 bits per heavy atom. The molecule has 0 aliphatic carbocycles. The van der Waals surface area contributed by atoms with Crippen LogP contribution < -0.4 is 5.73 Å². The minimum Gasteiger partial charge on any atom is -0.329 e. The molecular weight excluding hydrogens is 205 g/mol. The van der Waals surface area contributed by atoms with Crippen molar-refractivity contribution in [2.24, 2.45) is 5.73 Å². The highest BCUT2D eigenvalue weighted by Crippen LogP contribution is 2.22. The van der Waals surface area contributed by atoms with Crippen LogP contribution in [-0.2, 0) is 0 Å². The smallest absolute Gasteiger partial charge is 0.137 e. The first-order valence-electron chi connectivity index (χ1n) is 5.04. The zero-order valence-corrected chi connectivity index (χ0v) is 8.68. The standard InChI is InChI=1S/C12H12FN3/c13-11-5-2-1-4-9(11)10(8-14)12-15-6-3-7-16-12/h1-7,10H,8,14H2. The topological polar surface area (TPSA) is 51.8 Å². The molecule has 2 aromatic rings. The first-order chi connectivity index (χ1) is 7.83. The number of nitrogens with two attached hydrogens (primary N) is 1. The van der Waals surface area contributed by atoms with Crippen molar-refractivity contribution < 1.29 is 4.39 Å². The quantitative estimate of drug-likeness (QED) is 0.851. The number of rotatable bonds is 3. The first-order valence-corrected chi connectivity index (χ1v) is 5.04. The summed E-state index contributed by atoms with van der Waals surface area (Å²) in [5.74, 6) is -0.0112. The lowest BCUT2D eigenvalue weighted by molar-refractivity contribution is 0.590. The third kappa shape index (κ3) is 2.06. The van der Waals surface area contributed by atoms with E-state index in [1.165, 1.54) is 6.07 Å². The van der Waals surface area contributed by atoms with Gasteiger partial charge in [0.1, 0.15) is 11.6 Å². The molecule has 2 rings (SSSR count). The van der Waals surface area contributed by atoms with E-state index in [1.54, 1.807) is 36.7 Å². The Balaban J connectivity index is 2.41. The van der Waals surface area contributed by atoms with Crippen molar-refractivity contribution in [1.82, 2.24) is 9.97 Å². The molecular formula is C12H12FN3. The van der Waals surface area contributed by atoms with Crippen molar-refractivity contribution in [3.8, 4) is 0 Å². The van der Waals surface area contributed by atoms with Gasteiger partial charge >= 0.3 is 0 Å². The maximum atomic E-state index is 13.6. The van der Waals surface area contributed by atoms with Crippen molar-refractivity contribution in [1.29, 1.82) is 0 Å². The van der Waals surface area contributed by atoms with E-state index in [0.717, 1.165) is 0 Å². The zero-order chi connectivity index (χ0) is 11.4. The fourth-order valence-corrected chi connectivity index (χ4v) is 1.62. The molecule has 1 aromatic heterocycles. The van der Waals surface area contributed by atoms with Crippen molar-refractivity contribution in [3.05, 3.63) is 59.9 Å². The predicted molar refractivity (Wildman–Crippen MR) is 59.3 cm³/mol. The average Bonchev–Trinajstić information content (AvgIpc) is 2.34. The van der Waals surface area contributed by atoms with Crippen LogP contribution in [0.5, 0.6) is 0 Å². The summed E-state index contributed by atoms with van der Waals surface area (Å²) in [4.78, 5) is 8.22. The number of aromatic nitrogens is 2. The molecule has 0 spiro atoms. The number of hydrogen-bond acceptors (Lipinski definition) is 3. The lowest BCUT2D eigenvalue weighted by atomic mass is 9.98. The van der Waals surface area contributed by atoms with Gasteiger partial charge in [-0.1, -0.05) is 18.2 Å². The van der Waals surface area contributed by atoms with Crippen LogP contribution in [0, 0.1) is 5.82 Å². The normalized spacial score (nSPS) is 12.4. The second-order valence-corrected chi connectivity index (χ2v) is 3.42. The molecule has 0 saturated heterocycles. The molecule has 3 nitrogen and oxygen atoms in total. The van der Waals surface area contributed by atoms with Gasteiger partial charge in [-0.3, -0.25) is 0 Å². The molecule has 1 aromatic carbocycles. The van der Waals surface area contributed by atoms with Gasteiger partial charge in [-0.2, -0.15) is 0 Å². The molecule has 0 bridgehead atoms. The van der Waals surface area contributed by atoms with Gasteiger partial charge in [0.25, 0.3) is 0 Å². The maximum Gasteiger partial charge on any atom is 0.137 e. The maximum absolute atomic E-state index is 13.6. The molecule has 0 fully saturated rings. The summed E-state index contributed by atoms with van der Waals surface area (Å²) in [6.07, 6.45) is 3.26. The second kappa shape index (κ2) is 4.81. The molecule has 0 saturated carbocycles. The zero-order valence-electron chi connectivity index (χ0n) is 8.68. The number of hydrogen-bond donors (Lipinski definition) is 1. The third-order valence-electron chi connectivity index (χ3n) is 2.41. The van der Waals surface area contributed by atoms with E-state index in [-0.39, 0.29) is 18.3 Å². The second-order valence-electron chi connectivity index (χ2n) is 3.42. The highest BCUT2D eigenvalue weighted by atomic mass is 19.1. The molecule has 82 valence electrons. The van der Waals surface area contributed by atoms with Crippen LogP contribution >= 0.6 is 0 Å². The van der Waals surface area contributed by atoms with Gasteiger partial charge < -0.3 is 5.73 Å². The molecule has 2 N–H and O–H groups in total. The average molecular weight is 217 g/mol. The highest BCUT2D eigenvalue weighted by molar-refractivity contribution is 5.27. The number of benzene rings is 1. The van der Waals surface area contributed by atoms with E-state index in [9.17, 15) is 4.39 Å². The SMILES string of the molecule is NCC(c1ncccn1)c1ccccc1F. The van der Waals surface area contributed by atoms with E-state index >= 15 is 0 Å². The summed E-state index contributed by atoms with van der Waals surface area (Å²) in [7, 11) is 0. The number of nitrogens with zero attached hydrogens (tertiary/aromatic N) is 2. The van der Waals surface area contributed by atoms with Gasteiger partial charge in [0, 0.05) is 18.9 Å². The summed E-state index contributed by atoms with van der Waals surface area (Å²) in [5, 5.41) is 0. The Morgan fingerprint density at radius 1 is 1.12 bits per heavy atom. The fourth-order valence-electron chi connectivity index (χ4n) is 1.62. The van der Waals surface area contributed by atoms with Gasteiger partial charge in [-0.05, 0) is 17.7 Å². The van der Waals surface area contributed by atoms with Crippen LogP contribution in [0.2, 0.25) is 0 Å². The Hall–Kier alpha value is -1.81. The Labute approximate surface area is 93.2 Å². The van der Waals surface area contributed by atoms with Gasteiger partial charge in [0.2, 0.25) is 0 Å². The molecule has 1 unspecified atom stereocenters. The summed E-state index contributed by atoms with van der Waals surface area (Å²) in [6, 6.07) is 8.28. The van der Waals surface area contributed by atoms with Crippen LogP contribution in [0.1, 0.15) is 17.3 Å². The molecule has 4 heteroatoms. The van der Waals surface area contributed by atoms with Gasteiger partial charge in [0.05, 0.1) is 5.92 Å². The van der Waals surface area contributed by atoms with Crippen molar-refractivity contribution in [2.45, 2.75) is 5.92 Å². The van der Waals surface area contributed by atoms with Crippen molar-refractivity contribution in [2.75, 3.05) is 6.54 Å². The van der Waals surface area contributed by atoms with Gasteiger partial charge in [0.15, 0.2) is 0 Å². The van der Waals surface area contributed by atoms with E-state index < -0.39 is 0 Å². The Kier molecular flexibility index (Phi) is 3.22. The van der Waals surface area contributed by atoms with Crippen LogP contribution in [0.15, 0.2) is 42.7 Å². The van der Waals surface area contributed by atoms with Crippen molar-refractivity contribution in [3.63, 3.8) is 0 Å². The van der Waals surface area contributed by atoms with E-state index in [4.69, 9.17) is 5.73 Å². The van der Waals surface area contributed by atoms with Crippen LogP contribution in [-0.4, -0.2) is 16.5 Å².